The van der Waals surface area contributed by atoms with Crippen LogP contribution in [0.4, 0.5) is 0 Å². The van der Waals surface area contributed by atoms with Gasteiger partial charge < -0.3 is 14.8 Å². The van der Waals surface area contributed by atoms with Gasteiger partial charge in [0, 0.05) is 25.8 Å². The van der Waals surface area contributed by atoms with Crippen molar-refractivity contribution in [2.45, 2.75) is 32.4 Å². The molecule has 2 heterocycles. The molecular formula is C12H19N3O3. The Kier molecular flexibility index (Phi) is 4.58. The second kappa shape index (κ2) is 6.39. The van der Waals surface area contributed by atoms with Crippen LogP contribution in [0.2, 0.25) is 0 Å². The fourth-order valence-electron chi connectivity index (χ4n) is 1.85. The van der Waals surface area contributed by atoms with E-state index in [-0.39, 0.29) is 18.6 Å². The smallest absolute Gasteiger partial charge is 0.258 e. The molecule has 0 aliphatic carbocycles. The average Bonchev–Trinajstić information content (AvgIpc) is 2.85. The van der Waals surface area contributed by atoms with Crippen molar-refractivity contribution in [2.75, 3.05) is 19.8 Å². The molecule has 6 heteroatoms. The molecule has 18 heavy (non-hydrogen) atoms. The summed E-state index contributed by atoms with van der Waals surface area (Å²) in [5, 5.41) is 7.01. The van der Waals surface area contributed by atoms with Crippen molar-refractivity contribution in [3.05, 3.63) is 12.4 Å². The predicted molar refractivity (Wildman–Crippen MR) is 65.4 cm³/mol. The maximum Gasteiger partial charge on any atom is 0.258 e. The summed E-state index contributed by atoms with van der Waals surface area (Å²) in [6, 6.07) is 0.216. The quantitative estimate of drug-likeness (QED) is 0.833. The molecule has 0 radical (unpaired) electrons. The van der Waals surface area contributed by atoms with E-state index in [4.69, 9.17) is 9.47 Å². The Morgan fingerprint density at radius 2 is 2.39 bits per heavy atom. The Hall–Kier alpha value is -1.56. The van der Waals surface area contributed by atoms with E-state index in [9.17, 15) is 4.79 Å². The van der Waals surface area contributed by atoms with Gasteiger partial charge in [-0.1, -0.05) is 0 Å². The van der Waals surface area contributed by atoms with Crippen molar-refractivity contribution in [1.29, 1.82) is 0 Å². The van der Waals surface area contributed by atoms with E-state index >= 15 is 0 Å². The van der Waals surface area contributed by atoms with Crippen molar-refractivity contribution in [3.63, 3.8) is 0 Å². The number of ether oxygens (including phenoxy) is 2. The number of carbonyl (C=O) groups is 1. The first-order chi connectivity index (χ1) is 8.78. The standard InChI is InChI=1S/C12H19N3O3/c1-2-15-8-11(7-13-15)18-9-12(16)14-10-3-5-17-6-4-10/h7-8,10H,2-6,9H2,1H3,(H,14,16). The minimum absolute atomic E-state index is 0.0345. The number of nitrogens with zero attached hydrogens (tertiary/aromatic N) is 2. The first-order valence-corrected chi connectivity index (χ1v) is 6.30. The summed E-state index contributed by atoms with van der Waals surface area (Å²) >= 11 is 0. The van der Waals surface area contributed by atoms with Crippen LogP contribution < -0.4 is 10.1 Å². The normalized spacial score (nSPS) is 16.5. The minimum atomic E-state index is -0.0915. The van der Waals surface area contributed by atoms with Gasteiger partial charge in [0.05, 0.1) is 12.4 Å². The van der Waals surface area contributed by atoms with Crippen molar-refractivity contribution >= 4 is 5.91 Å². The molecule has 1 aliphatic heterocycles. The molecular weight excluding hydrogens is 234 g/mol. The molecule has 0 unspecified atom stereocenters. The Labute approximate surface area is 106 Å². The van der Waals surface area contributed by atoms with E-state index in [0.29, 0.717) is 5.75 Å². The molecule has 1 fully saturated rings. The average molecular weight is 253 g/mol. The number of rotatable bonds is 5. The molecule has 0 aromatic carbocycles. The fourth-order valence-corrected chi connectivity index (χ4v) is 1.85. The first kappa shape index (κ1) is 12.9. The summed E-state index contributed by atoms with van der Waals surface area (Å²) in [7, 11) is 0. The third-order valence-corrected chi connectivity index (χ3v) is 2.89. The van der Waals surface area contributed by atoms with E-state index in [1.165, 1.54) is 0 Å². The Morgan fingerprint density at radius 1 is 1.61 bits per heavy atom. The highest BCUT2D eigenvalue weighted by molar-refractivity contribution is 5.77. The second-order valence-electron chi connectivity index (χ2n) is 4.27. The van der Waals surface area contributed by atoms with Gasteiger partial charge in [-0.2, -0.15) is 5.10 Å². The van der Waals surface area contributed by atoms with E-state index in [1.54, 1.807) is 17.1 Å². The lowest BCUT2D eigenvalue weighted by Gasteiger charge is -2.22. The maximum atomic E-state index is 11.7. The molecule has 0 bridgehead atoms. The number of aromatic nitrogens is 2. The highest BCUT2D eigenvalue weighted by Crippen LogP contribution is 2.08. The summed E-state index contributed by atoms with van der Waals surface area (Å²) in [4.78, 5) is 11.7. The lowest BCUT2D eigenvalue weighted by atomic mass is 10.1. The van der Waals surface area contributed by atoms with Crippen LogP contribution in [0.15, 0.2) is 12.4 Å². The van der Waals surface area contributed by atoms with Crippen LogP contribution in [0.3, 0.4) is 0 Å². The molecule has 1 aromatic rings. The van der Waals surface area contributed by atoms with Gasteiger partial charge in [-0.3, -0.25) is 9.48 Å². The number of amides is 1. The third kappa shape index (κ3) is 3.73. The Morgan fingerprint density at radius 3 is 3.06 bits per heavy atom. The molecule has 1 saturated heterocycles. The monoisotopic (exact) mass is 253 g/mol. The highest BCUT2D eigenvalue weighted by atomic mass is 16.5. The van der Waals surface area contributed by atoms with Gasteiger partial charge in [-0.25, -0.2) is 0 Å². The zero-order chi connectivity index (χ0) is 12.8. The van der Waals surface area contributed by atoms with Crippen LogP contribution in [0.25, 0.3) is 0 Å². The van der Waals surface area contributed by atoms with Crippen LogP contribution >= 0.6 is 0 Å². The van der Waals surface area contributed by atoms with Crippen molar-refractivity contribution in [1.82, 2.24) is 15.1 Å². The van der Waals surface area contributed by atoms with E-state index in [2.05, 4.69) is 10.4 Å². The molecule has 1 aliphatic rings. The van der Waals surface area contributed by atoms with E-state index in [0.717, 1.165) is 32.6 Å². The van der Waals surface area contributed by atoms with Crippen LogP contribution in [0, 0.1) is 0 Å². The van der Waals surface area contributed by atoms with Gasteiger partial charge in [-0.05, 0) is 19.8 Å². The summed E-state index contributed by atoms with van der Waals surface area (Å²) < 4.78 is 12.4. The largest absolute Gasteiger partial charge is 0.480 e. The molecule has 100 valence electrons. The fraction of sp³-hybridized carbons (Fsp3) is 0.667. The van der Waals surface area contributed by atoms with Gasteiger partial charge in [0.25, 0.3) is 5.91 Å². The lowest BCUT2D eigenvalue weighted by molar-refractivity contribution is -0.124. The summed E-state index contributed by atoms with van der Waals surface area (Å²) in [6.45, 7) is 4.25. The molecule has 0 saturated carbocycles. The van der Waals surface area contributed by atoms with Gasteiger partial charge in [-0.15, -0.1) is 0 Å². The summed E-state index contributed by atoms with van der Waals surface area (Å²) in [6.07, 6.45) is 5.14. The van der Waals surface area contributed by atoms with Gasteiger partial charge in [0.15, 0.2) is 12.4 Å². The molecule has 1 N–H and O–H groups in total. The van der Waals surface area contributed by atoms with Crippen LogP contribution in [-0.2, 0) is 16.1 Å². The first-order valence-electron chi connectivity index (χ1n) is 6.30. The number of hydrogen-bond donors (Lipinski definition) is 1. The topological polar surface area (TPSA) is 65.4 Å². The SMILES string of the molecule is CCn1cc(OCC(=O)NC2CCOCC2)cn1. The van der Waals surface area contributed by atoms with Crippen LogP contribution in [0.1, 0.15) is 19.8 Å². The van der Waals surface area contributed by atoms with Crippen LogP contribution in [-0.4, -0.2) is 41.6 Å². The predicted octanol–water partition coefficient (Wildman–Crippen LogP) is 0.577. The molecule has 0 atom stereocenters. The molecule has 0 spiro atoms. The van der Waals surface area contributed by atoms with Crippen molar-refractivity contribution in [3.8, 4) is 5.75 Å². The number of hydrogen-bond acceptors (Lipinski definition) is 4. The molecule has 2 rings (SSSR count). The zero-order valence-electron chi connectivity index (χ0n) is 10.6. The van der Waals surface area contributed by atoms with Gasteiger partial charge in [0.2, 0.25) is 0 Å². The van der Waals surface area contributed by atoms with E-state index < -0.39 is 0 Å². The lowest BCUT2D eigenvalue weighted by Crippen LogP contribution is -2.41. The maximum absolute atomic E-state index is 11.7. The third-order valence-electron chi connectivity index (χ3n) is 2.89. The molecule has 6 nitrogen and oxygen atoms in total. The number of nitrogens with one attached hydrogen (secondary N) is 1. The Bertz CT molecular complexity index is 386. The summed E-state index contributed by atoms with van der Waals surface area (Å²) in [5.41, 5.74) is 0. The summed E-state index contributed by atoms with van der Waals surface area (Å²) in [5.74, 6) is 0.533. The second-order valence-corrected chi connectivity index (χ2v) is 4.27. The zero-order valence-corrected chi connectivity index (χ0v) is 10.6. The van der Waals surface area contributed by atoms with E-state index in [1.807, 2.05) is 6.92 Å². The molecule has 1 aromatic heterocycles. The number of carbonyl (C=O) groups excluding carboxylic acids is 1. The van der Waals surface area contributed by atoms with Crippen molar-refractivity contribution in [2.24, 2.45) is 0 Å². The Balaban J connectivity index is 1.70. The van der Waals surface area contributed by atoms with Crippen molar-refractivity contribution < 1.29 is 14.3 Å². The molecule has 1 amide bonds. The van der Waals surface area contributed by atoms with Gasteiger partial charge >= 0.3 is 0 Å². The number of aryl methyl sites for hydroxylation is 1. The van der Waals surface area contributed by atoms with Crippen LogP contribution in [0.5, 0.6) is 5.75 Å². The van der Waals surface area contributed by atoms with Gasteiger partial charge in [0.1, 0.15) is 0 Å². The minimum Gasteiger partial charge on any atom is -0.480 e. The highest BCUT2D eigenvalue weighted by Gasteiger charge is 2.16.